The number of carbonyl (C=O) groups is 1. The Morgan fingerprint density at radius 1 is 1.27 bits per heavy atom. The first-order chi connectivity index (χ1) is 10.2. The van der Waals surface area contributed by atoms with Gasteiger partial charge in [-0.2, -0.15) is 13.2 Å². The van der Waals surface area contributed by atoms with Crippen LogP contribution in [0, 0.1) is 0 Å². The summed E-state index contributed by atoms with van der Waals surface area (Å²) in [5.74, 6) is 0.444. The average molecular weight is 323 g/mol. The number of piperazine rings is 1. The largest absolute Gasteiger partial charge is 0.403 e. The standard InChI is InChI=1S/C13H24F3N5O/c1-10(13(14,15)16)20-5-7-21(8-6-20)12(17-2)18-9-11(22)19(3)4/h10H,5-9H2,1-4H3,(H,17,18). The number of rotatable bonds is 3. The zero-order valence-corrected chi connectivity index (χ0v) is 13.4. The van der Waals surface area contributed by atoms with E-state index in [2.05, 4.69) is 10.3 Å². The molecule has 6 nitrogen and oxygen atoms in total. The van der Waals surface area contributed by atoms with E-state index in [1.165, 1.54) is 16.7 Å². The van der Waals surface area contributed by atoms with Gasteiger partial charge in [0.05, 0.1) is 6.54 Å². The molecule has 1 saturated heterocycles. The zero-order chi connectivity index (χ0) is 16.9. The fourth-order valence-corrected chi connectivity index (χ4v) is 2.17. The van der Waals surface area contributed by atoms with Gasteiger partial charge in [0.15, 0.2) is 5.96 Å². The first-order valence-corrected chi connectivity index (χ1v) is 7.13. The molecule has 0 spiro atoms. The molecule has 0 aromatic rings. The normalized spacial score (nSPS) is 19.0. The number of nitrogens with zero attached hydrogens (tertiary/aromatic N) is 4. The maximum atomic E-state index is 12.7. The van der Waals surface area contributed by atoms with Crippen molar-refractivity contribution >= 4 is 11.9 Å². The van der Waals surface area contributed by atoms with Gasteiger partial charge in [-0.3, -0.25) is 14.7 Å². The monoisotopic (exact) mass is 323 g/mol. The second-order valence-corrected chi connectivity index (χ2v) is 5.43. The smallest absolute Gasteiger partial charge is 0.347 e. The van der Waals surface area contributed by atoms with Crippen molar-refractivity contribution in [2.45, 2.75) is 19.1 Å². The van der Waals surface area contributed by atoms with Gasteiger partial charge < -0.3 is 15.1 Å². The van der Waals surface area contributed by atoms with Crippen molar-refractivity contribution in [2.24, 2.45) is 4.99 Å². The van der Waals surface area contributed by atoms with Crippen LogP contribution in [0.4, 0.5) is 13.2 Å². The molecule has 1 heterocycles. The lowest BCUT2D eigenvalue weighted by molar-refractivity contribution is -0.181. The predicted molar refractivity (Wildman–Crippen MR) is 78.7 cm³/mol. The molecule has 1 aliphatic rings. The summed E-state index contributed by atoms with van der Waals surface area (Å²) in [6, 6.07) is -1.44. The highest BCUT2D eigenvalue weighted by Crippen LogP contribution is 2.25. The quantitative estimate of drug-likeness (QED) is 0.596. The molecule has 1 amide bonds. The predicted octanol–water partition coefficient (Wildman–Crippen LogP) is 0.218. The van der Waals surface area contributed by atoms with Crippen LogP contribution >= 0.6 is 0 Å². The highest BCUT2D eigenvalue weighted by molar-refractivity contribution is 5.86. The number of hydrogen-bond donors (Lipinski definition) is 1. The number of guanidine groups is 1. The van der Waals surface area contributed by atoms with Gasteiger partial charge in [0.1, 0.15) is 6.04 Å². The van der Waals surface area contributed by atoms with E-state index in [1.807, 2.05) is 4.90 Å². The number of nitrogens with one attached hydrogen (secondary N) is 1. The number of likely N-dealkylation sites (N-methyl/N-ethyl adjacent to an activating group) is 1. The summed E-state index contributed by atoms with van der Waals surface area (Å²) in [6.07, 6.45) is -4.21. The van der Waals surface area contributed by atoms with Crippen LogP contribution in [-0.2, 0) is 4.79 Å². The number of alkyl halides is 3. The van der Waals surface area contributed by atoms with Gasteiger partial charge in [-0.1, -0.05) is 0 Å². The molecular weight excluding hydrogens is 299 g/mol. The van der Waals surface area contributed by atoms with Gasteiger partial charge in [-0.15, -0.1) is 0 Å². The summed E-state index contributed by atoms with van der Waals surface area (Å²) in [6.45, 7) is 2.79. The molecule has 1 N–H and O–H groups in total. The molecule has 128 valence electrons. The van der Waals surface area contributed by atoms with E-state index < -0.39 is 12.2 Å². The van der Waals surface area contributed by atoms with Gasteiger partial charge in [-0.25, -0.2) is 0 Å². The third-order valence-corrected chi connectivity index (χ3v) is 3.74. The first kappa shape index (κ1) is 18.5. The van der Waals surface area contributed by atoms with Crippen LogP contribution in [0.2, 0.25) is 0 Å². The van der Waals surface area contributed by atoms with Crippen molar-refractivity contribution in [3.05, 3.63) is 0 Å². The highest BCUT2D eigenvalue weighted by Gasteiger charge is 2.41. The Hall–Kier alpha value is -1.51. The minimum Gasteiger partial charge on any atom is -0.347 e. The highest BCUT2D eigenvalue weighted by atomic mass is 19.4. The second-order valence-electron chi connectivity index (χ2n) is 5.43. The number of hydrogen-bond acceptors (Lipinski definition) is 3. The van der Waals surface area contributed by atoms with Crippen LogP contribution in [0.3, 0.4) is 0 Å². The molecule has 0 bridgehead atoms. The van der Waals surface area contributed by atoms with Crippen molar-refractivity contribution in [2.75, 3.05) is 53.9 Å². The molecule has 0 aromatic carbocycles. The van der Waals surface area contributed by atoms with E-state index in [1.54, 1.807) is 21.1 Å². The zero-order valence-electron chi connectivity index (χ0n) is 13.4. The Bertz CT molecular complexity index is 403. The Balaban J connectivity index is 2.50. The molecule has 9 heteroatoms. The van der Waals surface area contributed by atoms with E-state index in [4.69, 9.17) is 0 Å². The number of carbonyl (C=O) groups excluding carboxylic acids is 1. The van der Waals surface area contributed by atoms with Crippen LogP contribution in [0.5, 0.6) is 0 Å². The molecule has 1 rings (SSSR count). The lowest BCUT2D eigenvalue weighted by Crippen LogP contribution is -2.57. The van der Waals surface area contributed by atoms with E-state index in [-0.39, 0.29) is 12.5 Å². The maximum Gasteiger partial charge on any atom is 0.403 e. The van der Waals surface area contributed by atoms with Crippen LogP contribution in [0.1, 0.15) is 6.92 Å². The summed E-state index contributed by atoms with van der Waals surface area (Å²) in [5.41, 5.74) is 0. The third-order valence-electron chi connectivity index (χ3n) is 3.74. The summed E-state index contributed by atoms with van der Waals surface area (Å²) in [7, 11) is 4.90. The Morgan fingerprint density at radius 3 is 2.23 bits per heavy atom. The Labute approximate surface area is 128 Å². The SMILES string of the molecule is CN=C(NCC(=O)N(C)C)N1CCN(C(C)C(F)(F)F)CC1. The van der Waals surface area contributed by atoms with E-state index >= 15 is 0 Å². The van der Waals surface area contributed by atoms with Gasteiger partial charge in [0.25, 0.3) is 0 Å². The first-order valence-electron chi connectivity index (χ1n) is 7.13. The van der Waals surface area contributed by atoms with Gasteiger partial charge in [0, 0.05) is 47.3 Å². The fourth-order valence-electron chi connectivity index (χ4n) is 2.17. The third kappa shape index (κ3) is 5.04. The van der Waals surface area contributed by atoms with Gasteiger partial charge in [0.2, 0.25) is 5.91 Å². The molecular formula is C13H24F3N5O. The van der Waals surface area contributed by atoms with Crippen LogP contribution in [0.25, 0.3) is 0 Å². The Kier molecular flexibility index (Phi) is 6.46. The molecule has 0 aromatic heterocycles. The summed E-state index contributed by atoms with van der Waals surface area (Å²) >= 11 is 0. The summed E-state index contributed by atoms with van der Waals surface area (Å²) < 4.78 is 38.1. The Morgan fingerprint density at radius 2 is 1.82 bits per heavy atom. The van der Waals surface area contributed by atoms with Gasteiger partial charge >= 0.3 is 6.18 Å². The van der Waals surface area contributed by atoms with E-state index in [0.717, 1.165) is 0 Å². The molecule has 0 aliphatic carbocycles. The average Bonchev–Trinajstić information content (AvgIpc) is 2.46. The summed E-state index contributed by atoms with van der Waals surface area (Å²) in [4.78, 5) is 20.4. The maximum absolute atomic E-state index is 12.7. The number of aliphatic imine (C=N–C) groups is 1. The molecule has 1 unspecified atom stereocenters. The molecule has 0 saturated carbocycles. The molecule has 1 atom stereocenters. The van der Waals surface area contributed by atoms with Crippen molar-refractivity contribution in [3.63, 3.8) is 0 Å². The topological polar surface area (TPSA) is 51.2 Å². The molecule has 1 aliphatic heterocycles. The van der Waals surface area contributed by atoms with E-state index in [0.29, 0.717) is 32.1 Å². The lowest BCUT2D eigenvalue weighted by atomic mass is 10.2. The van der Waals surface area contributed by atoms with Crippen molar-refractivity contribution in [3.8, 4) is 0 Å². The molecule has 22 heavy (non-hydrogen) atoms. The minimum absolute atomic E-state index is 0.0921. The number of amides is 1. The second kappa shape index (κ2) is 7.66. The van der Waals surface area contributed by atoms with Crippen molar-refractivity contribution < 1.29 is 18.0 Å². The van der Waals surface area contributed by atoms with E-state index in [9.17, 15) is 18.0 Å². The van der Waals surface area contributed by atoms with Crippen LogP contribution in [-0.4, -0.2) is 92.7 Å². The minimum atomic E-state index is -4.21. The van der Waals surface area contributed by atoms with Crippen LogP contribution < -0.4 is 5.32 Å². The molecule has 0 radical (unpaired) electrons. The number of halogens is 3. The van der Waals surface area contributed by atoms with Gasteiger partial charge in [-0.05, 0) is 6.92 Å². The van der Waals surface area contributed by atoms with Crippen molar-refractivity contribution in [1.82, 2.24) is 20.0 Å². The van der Waals surface area contributed by atoms with Crippen molar-refractivity contribution in [1.29, 1.82) is 0 Å². The molecule has 1 fully saturated rings. The van der Waals surface area contributed by atoms with Crippen LogP contribution in [0.15, 0.2) is 4.99 Å². The summed E-state index contributed by atoms with van der Waals surface area (Å²) in [5, 5.41) is 2.94. The lowest BCUT2D eigenvalue weighted by Gasteiger charge is -2.39. The fraction of sp³-hybridized carbons (Fsp3) is 0.846.